The number of imidazole rings is 1. The lowest BCUT2D eigenvalue weighted by Gasteiger charge is -2.26. The second-order valence-corrected chi connectivity index (χ2v) is 13.3. The lowest BCUT2D eigenvalue weighted by atomic mass is 9.88. The topological polar surface area (TPSA) is 94.0 Å². The van der Waals surface area contributed by atoms with Crippen LogP contribution >= 0.6 is 0 Å². The Morgan fingerprint density at radius 2 is 1.78 bits per heavy atom. The number of amides is 1. The van der Waals surface area contributed by atoms with E-state index < -0.39 is 9.84 Å². The normalized spacial score (nSPS) is 15.2. The Bertz CT molecular complexity index is 1350. The molecule has 200 valence electrons. The number of nitrogens with zero attached hydrogens (tertiary/aromatic N) is 3. The van der Waals surface area contributed by atoms with Gasteiger partial charge in [-0.2, -0.15) is 0 Å². The molecular formula is C29H40N4O3S. The Balaban J connectivity index is 1.59. The van der Waals surface area contributed by atoms with Crippen molar-refractivity contribution in [1.29, 1.82) is 0 Å². The monoisotopic (exact) mass is 524 g/mol. The summed E-state index contributed by atoms with van der Waals surface area (Å²) in [6.45, 7) is 9.54. The minimum Gasteiger partial charge on any atom is -0.356 e. The number of hydrogen-bond donors (Lipinski definition) is 1. The van der Waals surface area contributed by atoms with E-state index in [4.69, 9.17) is 4.98 Å². The molecule has 1 aliphatic rings. The Hall–Kier alpha value is -2.74. The van der Waals surface area contributed by atoms with Gasteiger partial charge in [0.25, 0.3) is 0 Å². The van der Waals surface area contributed by atoms with Crippen molar-refractivity contribution < 1.29 is 13.2 Å². The predicted molar refractivity (Wildman–Crippen MR) is 146 cm³/mol. The molecule has 1 aromatic carbocycles. The van der Waals surface area contributed by atoms with Crippen LogP contribution < -0.4 is 5.32 Å². The zero-order valence-corrected chi connectivity index (χ0v) is 23.4. The average molecular weight is 525 g/mol. The second kappa shape index (κ2) is 11.3. The average Bonchev–Trinajstić information content (AvgIpc) is 3.23. The SMILES string of the molecule is CC(=O)NCCCCc1cc(S(=O)(=O)c2ccc3c(c2)nc(C(C)(C)C)n3CC2CCCCC2)ccn1. The molecule has 4 rings (SSSR count). The molecule has 1 aliphatic carbocycles. The number of sulfone groups is 1. The number of carbonyl (C=O) groups is 1. The molecule has 1 saturated carbocycles. The first-order chi connectivity index (χ1) is 17.6. The highest BCUT2D eigenvalue weighted by Crippen LogP contribution is 2.33. The van der Waals surface area contributed by atoms with Crippen LogP contribution in [-0.2, 0) is 33.0 Å². The summed E-state index contributed by atoms with van der Waals surface area (Å²) in [5, 5.41) is 2.78. The highest BCUT2D eigenvalue weighted by molar-refractivity contribution is 7.91. The maximum absolute atomic E-state index is 13.6. The van der Waals surface area contributed by atoms with Gasteiger partial charge in [0.05, 0.1) is 20.8 Å². The molecule has 2 heterocycles. The third-order valence-corrected chi connectivity index (χ3v) is 8.95. The van der Waals surface area contributed by atoms with Crippen molar-refractivity contribution in [3.05, 3.63) is 48.0 Å². The van der Waals surface area contributed by atoms with E-state index >= 15 is 0 Å². The van der Waals surface area contributed by atoms with Crippen LogP contribution in [0.25, 0.3) is 11.0 Å². The quantitative estimate of drug-likeness (QED) is 0.368. The van der Waals surface area contributed by atoms with Crippen molar-refractivity contribution >= 4 is 26.8 Å². The Morgan fingerprint density at radius 1 is 1.05 bits per heavy atom. The molecule has 0 saturated heterocycles. The van der Waals surface area contributed by atoms with E-state index in [2.05, 4.69) is 35.6 Å². The number of nitrogens with one attached hydrogen (secondary N) is 1. The van der Waals surface area contributed by atoms with Crippen LogP contribution in [0, 0.1) is 5.92 Å². The second-order valence-electron chi connectivity index (χ2n) is 11.4. The van der Waals surface area contributed by atoms with Crippen molar-refractivity contribution in [3.8, 4) is 0 Å². The van der Waals surface area contributed by atoms with Crippen LogP contribution in [0.15, 0.2) is 46.3 Å². The van der Waals surface area contributed by atoms with Gasteiger partial charge in [0.2, 0.25) is 15.7 Å². The van der Waals surface area contributed by atoms with Gasteiger partial charge in [-0.25, -0.2) is 13.4 Å². The molecule has 1 fully saturated rings. The molecule has 7 nitrogen and oxygen atoms in total. The van der Waals surface area contributed by atoms with Crippen LogP contribution in [-0.4, -0.2) is 35.4 Å². The number of aryl methyl sites for hydroxylation is 1. The summed E-state index contributed by atoms with van der Waals surface area (Å²) in [4.78, 5) is 20.8. The molecule has 0 atom stereocenters. The Labute approximate surface area is 221 Å². The fourth-order valence-corrected chi connectivity index (χ4v) is 6.57. The van der Waals surface area contributed by atoms with E-state index in [1.165, 1.54) is 39.0 Å². The number of carbonyl (C=O) groups excluding carboxylic acids is 1. The van der Waals surface area contributed by atoms with Gasteiger partial charge < -0.3 is 9.88 Å². The smallest absolute Gasteiger partial charge is 0.216 e. The van der Waals surface area contributed by atoms with E-state index in [1.54, 1.807) is 30.5 Å². The molecular weight excluding hydrogens is 484 g/mol. The van der Waals surface area contributed by atoms with Gasteiger partial charge >= 0.3 is 0 Å². The van der Waals surface area contributed by atoms with Crippen LogP contribution in [0.3, 0.4) is 0 Å². The third kappa shape index (κ3) is 6.58. The standard InChI is InChI=1S/C29H40N4O3S/c1-21(34)30-16-9-8-12-23-18-25(15-17-31-23)37(35,36)24-13-14-27-26(19-24)32-28(29(2,3)4)33(27)20-22-10-6-5-7-11-22/h13-15,17-19,22H,5-12,16,20H2,1-4H3,(H,30,34). The number of rotatable bonds is 9. The summed E-state index contributed by atoms with van der Waals surface area (Å²) in [6, 6.07) is 8.60. The van der Waals surface area contributed by atoms with Gasteiger partial charge in [0, 0.05) is 37.3 Å². The Morgan fingerprint density at radius 3 is 2.49 bits per heavy atom. The minimum absolute atomic E-state index is 0.0448. The van der Waals surface area contributed by atoms with E-state index in [9.17, 15) is 13.2 Å². The fourth-order valence-electron chi connectivity index (χ4n) is 5.25. The van der Waals surface area contributed by atoms with E-state index in [1.807, 2.05) is 6.07 Å². The molecule has 0 radical (unpaired) electrons. The lowest BCUT2D eigenvalue weighted by Crippen LogP contribution is -2.22. The highest BCUT2D eigenvalue weighted by atomic mass is 32.2. The first kappa shape index (κ1) is 27.3. The van der Waals surface area contributed by atoms with Crippen LogP contribution in [0.4, 0.5) is 0 Å². The number of benzene rings is 1. The molecule has 8 heteroatoms. The van der Waals surface area contributed by atoms with Crippen molar-refractivity contribution in [2.75, 3.05) is 6.54 Å². The van der Waals surface area contributed by atoms with Crippen LogP contribution in [0.5, 0.6) is 0 Å². The molecule has 1 amide bonds. The summed E-state index contributed by atoms with van der Waals surface area (Å²) < 4.78 is 29.5. The van der Waals surface area contributed by atoms with Crippen molar-refractivity contribution in [1.82, 2.24) is 19.9 Å². The summed E-state index contributed by atoms with van der Waals surface area (Å²) in [5.74, 6) is 1.61. The maximum atomic E-state index is 13.6. The maximum Gasteiger partial charge on any atom is 0.216 e. The third-order valence-electron chi connectivity index (χ3n) is 7.20. The van der Waals surface area contributed by atoms with E-state index in [0.717, 1.165) is 41.9 Å². The molecule has 0 spiro atoms. The molecule has 2 aromatic heterocycles. The lowest BCUT2D eigenvalue weighted by molar-refractivity contribution is -0.118. The van der Waals surface area contributed by atoms with Crippen LogP contribution in [0.1, 0.15) is 84.2 Å². The van der Waals surface area contributed by atoms with Gasteiger partial charge in [-0.3, -0.25) is 9.78 Å². The van der Waals surface area contributed by atoms with Gasteiger partial charge in [0.15, 0.2) is 0 Å². The van der Waals surface area contributed by atoms with Crippen molar-refractivity contribution in [3.63, 3.8) is 0 Å². The number of fused-ring (bicyclic) bond motifs is 1. The van der Waals surface area contributed by atoms with E-state index in [-0.39, 0.29) is 21.1 Å². The first-order valence-electron chi connectivity index (χ1n) is 13.5. The minimum atomic E-state index is -3.71. The summed E-state index contributed by atoms with van der Waals surface area (Å²) in [6.07, 6.45) is 10.2. The molecule has 0 unspecified atom stereocenters. The van der Waals surface area contributed by atoms with E-state index in [0.29, 0.717) is 18.9 Å². The summed E-state index contributed by atoms with van der Waals surface area (Å²) >= 11 is 0. The highest BCUT2D eigenvalue weighted by Gasteiger charge is 2.27. The number of unbranched alkanes of at least 4 members (excludes halogenated alkanes) is 1. The fraction of sp³-hybridized carbons (Fsp3) is 0.552. The molecule has 37 heavy (non-hydrogen) atoms. The number of aromatic nitrogens is 3. The first-order valence-corrected chi connectivity index (χ1v) is 15.0. The van der Waals surface area contributed by atoms with Gasteiger partial charge in [-0.15, -0.1) is 0 Å². The van der Waals surface area contributed by atoms with Gasteiger partial charge in [-0.1, -0.05) is 40.0 Å². The molecule has 0 aliphatic heterocycles. The van der Waals surface area contributed by atoms with Crippen molar-refractivity contribution in [2.24, 2.45) is 5.92 Å². The zero-order chi connectivity index (χ0) is 26.6. The van der Waals surface area contributed by atoms with Gasteiger partial charge in [-0.05, 0) is 68.4 Å². The largest absolute Gasteiger partial charge is 0.356 e. The van der Waals surface area contributed by atoms with Crippen molar-refractivity contribution in [2.45, 2.75) is 101 Å². The molecule has 0 bridgehead atoms. The summed E-state index contributed by atoms with van der Waals surface area (Å²) in [7, 11) is -3.71. The summed E-state index contributed by atoms with van der Waals surface area (Å²) in [5.41, 5.74) is 2.32. The van der Waals surface area contributed by atoms with Gasteiger partial charge in [0.1, 0.15) is 5.82 Å². The Kier molecular flexibility index (Phi) is 8.36. The number of hydrogen-bond acceptors (Lipinski definition) is 5. The number of pyridine rings is 1. The zero-order valence-electron chi connectivity index (χ0n) is 22.6. The van der Waals surface area contributed by atoms with Crippen LogP contribution in [0.2, 0.25) is 0 Å². The molecule has 1 N–H and O–H groups in total. The predicted octanol–water partition coefficient (Wildman–Crippen LogP) is 5.60. The molecule has 3 aromatic rings.